The van der Waals surface area contributed by atoms with Crippen LogP contribution >= 0.6 is 0 Å². The molecule has 2 fully saturated rings. The summed E-state index contributed by atoms with van der Waals surface area (Å²) in [5.41, 5.74) is 2.73. The van der Waals surface area contributed by atoms with Crippen LogP contribution in [-0.4, -0.2) is 78.6 Å². The van der Waals surface area contributed by atoms with Crippen molar-refractivity contribution in [2.45, 2.75) is 0 Å². The first-order valence-electron chi connectivity index (χ1n) is 8.54. The highest BCUT2D eigenvalue weighted by atomic mass is 16.7. The van der Waals surface area contributed by atoms with Crippen molar-refractivity contribution in [3.63, 3.8) is 0 Å². The summed E-state index contributed by atoms with van der Waals surface area (Å²) in [7, 11) is 3.54. The van der Waals surface area contributed by atoms with Gasteiger partial charge in [0.2, 0.25) is 0 Å². The minimum atomic E-state index is -0.650. The average Bonchev–Trinajstić information content (AvgIpc) is 3.00. The maximum absolute atomic E-state index is 13.0. The number of amides is 2. The molecule has 0 atom stereocenters. The van der Waals surface area contributed by atoms with Crippen LogP contribution in [0, 0.1) is 0 Å². The van der Waals surface area contributed by atoms with Crippen LogP contribution in [0.1, 0.15) is 10.4 Å². The van der Waals surface area contributed by atoms with E-state index in [1.807, 2.05) is 7.05 Å². The minimum Gasteiger partial charge on any atom is -0.345 e. The van der Waals surface area contributed by atoms with Gasteiger partial charge in [-0.2, -0.15) is 0 Å². The lowest BCUT2D eigenvalue weighted by Crippen LogP contribution is -2.49. The highest BCUT2D eigenvalue weighted by molar-refractivity contribution is 6.45. The predicted molar refractivity (Wildman–Crippen MR) is 97.4 cm³/mol. The van der Waals surface area contributed by atoms with Gasteiger partial charge < -0.3 is 14.6 Å². The molecule has 27 heavy (non-hydrogen) atoms. The van der Waals surface area contributed by atoms with Crippen molar-refractivity contribution in [3.8, 4) is 0 Å². The van der Waals surface area contributed by atoms with Crippen molar-refractivity contribution in [2.75, 3.05) is 40.3 Å². The molecule has 2 heterocycles. The molecule has 2 amide bonds. The maximum Gasteiger partial charge on any atom is 0.376 e. The summed E-state index contributed by atoms with van der Waals surface area (Å²) in [6.45, 7) is 2.50. The molecule has 1 N–H and O–H groups in total. The molecule has 0 radical (unpaired) electrons. The topological polar surface area (TPSA) is 94.6 Å². The SMILES string of the molecule is CN1CCN(C(=O)C(/C=C2/C(=O)ONN2C)=NC(=O)c2ccccc2)CC1. The molecular weight excluding hydrogens is 350 g/mol. The zero-order valence-corrected chi connectivity index (χ0v) is 15.2. The van der Waals surface area contributed by atoms with E-state index in [2.05, 4.69) is 15.5 Å². The van der Waals surface area contributed by atoms with Gasteiger partial charge in [0.1, 0.15) is 11.4 Å². The van der Waals surface area contributed by atoms with E-state index in [-0.39, 0.29) is 11.4 Å². The maximum atomic E-state index is 13.0. The molecule has 9 heteroatoms. The fourth-order valence-corrected chi connectivity index (χ4v) is 2.70. The van der Waals surface area contributed by atoms with Gasteiger partial charge in [-0.15, -0.1) is 0 Å². The van der Waals surface area contributed by atoms with Crippen LogP contribution in [0.15, 0.2) is 47.1 Å². The number of aliphatic imine (C=N–C) groups is 1. The minimum absolute atomic E-state index is 0.0945. The normalized spacial score (nSPS) is 20.1. The predicted octanol–water partition coefficient (Wildman–Crippen LogP) is -0.166. The van der Waals surface area contributed by atoms with Gasteiger partial charge in [0.05, 0.1) is 0 Å². The highest BCUT2D eigenvalue weighted by Gasteiger charge is 2.29. The van der Waals surface area contributed by atoms with E-state index in [9.17, 15) is 14.4 Å². The van der Waals surface area contributed by atoms with Crippen molar-refractivity contribution in [2.24, 2.45) is 4.99 Å². The third kappa shape index (κ3) is 4.39. The number of likely N-dealkylation sites (N-methyl/N-ethyl adjacent to an activating group) is 2. The second-order valence-corrected chi connectivity index (χ2v) is 6.33. The van der Waals surface area contributed by atoms with Crippen LogP contribution in [-0.2, 0) is 14.4 Å². The summed E-state index contributed by atoms with van der Waals surface area (Å²) in [6, 6.07) is 8.46. The highest BCUT2D eigenvalue weighted by Crippen LogP contribution is 2.11. The molecule has 3 rings (SSSR count). The van der Waals surface area contributed by atoms with E-state index in [1.54, 1.807) is 42.3 Å². The van der Waals surface area contributed by atoms with E-state index < -0.39 is 17.8 Å². The fourth-order valence-electron chi connectivity index (χ4n) is 2.70. The molecule has 0 aromatic heterocycles. The van der Waals surface area contributed by atoms with Crippen LogP contribution < -0.4 is 5.59 Å². The first-order valence-corrected chi connectivity index (χ1v) is 8.54. The lowest BCUT2D eigenvalue weighted by Gasteiger charge is -2.32. The Hall–Kier alpha value is -3.04. The fraction of sp³-hybridized carbons (Fsp3) is 0.333. The van der Waals surface area contributed by atoms with Gasteiger partial charge in [0.15, 0.2) is 0 Å². The zero-order valence-electron chi connectivity index (χ0n) is 15.2. The molecule has 2 aliphatic heterocycles. The molecule has 1 aromatic carbocycles. The number of benzene rings is 1. The Balaban J connectivity index is 1.92. The van der Waals surface area contributed by atoms with E-state index >= 15 is 0 Å². The largest absolute Gasteiger partial charge is 0.376 e. The standard InChI is InChI=1S/C18H21N5O4/c1-21-8-10-23(11-9-21)17(25)14(12-15-18(26)27-20-22(15)2)19-16(24)13-6-4-3-5-7-13/h3-7,12,20H,8-11H2,1-2H3/b15-12-,19-14?. The second-order valence-electron chi connectivity index (χ2n) is 6.33. The molecule has 0 unspecified atom stereocenters. The molecule has 9 nitrogen and oxygen atoms in total. The Kier molecular flexibility index (Phi) is 5.63. The smallest absolute Gasteiger partial charge is 0.345 e. The third-order valence-electron chi connectivity index (χ3n) is 4.37. The van der Waals surface area contributed by atoms with E-state index in [1.165, 1.54) is 11.1 Å². The first kappa shape index (κ1) is 18.7. The third-order valence-corrected chi connectivity index (χ3v) is 4.37. The van der Waals surface area contributed by atoms with Crippen LogP contribution in [0.3, 0.4) is 0 Å². The summed E-state index contributed by atoms with van der Waals surface area (Å²) >= 11 is 0. The summed E-state index contributed by atoms with van der Waals surface area (Å²) in [5, 5.41) is 1.32. The number of carbonyl (C=O) groups excluding carboxylic acids is 3. The summed E-state index contributed by atoms with van der Waals surface area (Å²) in [5.74, 6) is -1.59. The van der Waals surface area contributed by atoms with Crippen molar-refractivity contribution in [1.82, 2.24) is 20.4 Å². The first-order chi connectivity index (χ1) is 13.0. The molecule has 0 spiro atoms. The van der Waals surface area contributed by atoms with Crippen molar-refractivity contribution >= 4 is 23.5 Å². The Morgan fingerprint density at radius 3 is 2.37 bits per heavy atom. The number of hydrogen-bond acceptors (Lipinski definition) is 7. The number of carbonyl (C=O) groups is 3. The number of nitrogens with one attached hydrogen (secondary N) is 1. The Bertz CT molecular complexity index is 797. The van der Waals surface area contributed by atoms with Crippen LogP contribution in [0.4, 0.5) is 0 Å². The van der Waals surface area contributed by atoms with Crippen LogP contribution in [0.5, 0.6) is 0 Å². The van der Waals surface area contributed by atoms with Gasteiger partial charge >= 0.3 is 5.97 Å². The number of rotatable bonds is 3. The molecule has 142 valence electrons. The monoisotopic (exact) mass is 371 g/mol. The zero-order chi connectivity index (χ0) is 19.4. The Morgan fingerprint density at radius 2 is 1.78 bits per heavy atom. The second kappa shape index (κ2) is 8.11. The van der Waals surface area contributed by atoms with Gasteiger partial charge in [0, 0.05) is 44.9 Å². The van der Waals surface area contributed by atoms with Gasteiger partial charge in [-0.05, 0) is 19.2 Å². The molecule has 0 saturated carbocycles. The lowest BCUT2D eigenvalue weighted by atomic mass is 10.2. The van der Waals surface area contributed by atoms with E-state index in [4.69, 9.17) is 4.84 Å². The average molecular weight is 371 g/mol. The Morgan fingerprint density at radius 1 is 1.11 bits per heavy atom. The lowest BCUT2D eigenvalue weighted by molar-refractivity contribution is -0.142. The molecule has 2 aliphatic rings. The van der Waals surface area contributed by atoms with E-state index in [0.29, 0.717) is 18.7 Å². The van der Waals surface area contributed by atoms with Crippen molar-refractivity contribution in [1.29, 1.82) is 0 Å². The summed E-state index contributed by atoms with van der Waals surface area (Å²) in [6.07, 6.45) is 1.28. The van der Waals surface area contributed by atoms with Crippen molar-refractivity contribution in [3.05, 3.63) is 47.7 Å². The van der Waals surface area contributed by atoms with Crippen molar-refractivity contribution < 1.29 is 19.2 Å². The van der Waals surface area contributed by atoms with Crippen LogP contribution in [0.25, 0.3) is 0 Å². The summed E-state index contributed by atoms with van der Waals surface area (Å²) in [4.78, 5) is 49.8. The molecule has 0 aliphatic carbocycles. The van der Waals surface area contributed by atoms with E-state index in [0.717, 1.165) is 13.1 Å². The molecule has 2 saturated heterocycles. The van der Waals surface area contributed by atoms with Gasteiger partial charge in [-0.1, -0.05) is 23.8 Å². The van der Waals surface area contributed by atoms with Gasteiger partial charge in [-0.3, -0.25) is 14.6 Å². The van der Waals surface area contributed by atoms with Crippen LogP contribution in [0.2, 0.25) is 0 Å². The number of piperazine rings is 1. The number of hydrogen-bond donors (Lipinski definition) is 1. The molecule has 0 bridgehead atoms. The number of nitrogens with zero attached hydrogens (tertiary/aromatic N) is 4. The quantitative estimate of drug-likeness (QED) is 0.582. The summed E-state index contributed by atoms with van der Waals surface area (Å²) < 4.78 is 0. The van der Waals surface area contributed by atoms with Gasteiger partial charge in [-0.25, -0.2) is 9.79 Å². The number of hydrazine groups is 1. The van der Waals surface area contributed by atoms with Gasteiger partial charge in [0.25, 0.3) is 11.8 Å². The molecular formula is C18H21N5O4. The Labute approximate surface area is 156 Å². The molecule has 1 aromatic rings.